The Labute approximate surface area is 104 Å². The molecule has 5 nitrogen and oxygen atoms in total. The van der Waals surface area contributed by atoms with Crippen LogP contribution in [0.15, 0.2) is 0 Å². The number of carbonyl (C=O) groups excluding carboxylic acids is 1. The zero-order chi connectivity index (χ0) is 13.6. The summed E-state index contributed by atoms with van der Waals surface area (Å²) in [4.78, 5) is 13.4. The molecule has 1 atom stereocenters. The first-order valence-corrected chi connectivity index (χ1v) is 7.83. The lowest BCUT2D eigenvalue weighted by atomic mass is 10.3. The third kappa shape index (κ3) is 5.91. The van der Waals surface area contributed by atoms with E-state index in [4.69, 9.17) is 0 Å². The molecule has 2 amide bonds. The number of hydrogen-bond acceptors (Lipinski definition) is 3. The number of urea groups is 1. The molecule has 0 aliphatic heterocycles. The van der Waals surface area contributed by atoms with E-state index in [-0.39, 0.29) is 29.6 Å². The average molecular weight is 264 g/mol. The van der Waals surface area contributed by atoms with E-state index < -0.39 is 9.84 Å². The molecule has 6 heteroatoms. The topological polar surface area (TPSA) is 66.5 Å². The van der Waals surface area contributed by atoms with E-state index in [1.807, 2.05) is 20.8 Å². The van der Waals surface area contributed by atoms with Crippen molar-refractivity contribution in [1.82, 2.24) is 10.2 Å². The standard InChI is InChI=1S/C11H24N2O3S/c1-6-13(11(14)12-9(3)4)10(5)8-17(15,16)7-2/h9-10H,6-8H2,1-5H3,(H,12,14)/t10-/m0/s1. The van der Waals surface area contributed by atoms with Crippen molar-refractivity contribution in [2.24, 2.45) is 0 Å². The maximum absolute atomic E-state index is 11.8. The minimum Gasteiger partial charge on any atom is -0.336 e. The molecule has 0 bridgehead atoms. The minimum atomic E-state index is -3.06. The van der Waals surface area contributed by atoms with Gasteiger partial charge >= 0.3 is 6.03 Å². The molecule has 0 spiro atoms. The van der Waals surface area contributed by atoms with Gasteiger partial charge in [-0.1, -0.05) is 6.92 Å². The van der Waals surface area contributed by atoms with Crippen molar-refractivity contribution in [3.8, 4) is 0 Å². The summed E-state index contributed by atoms with van der Waals surface area (Å²) in [5, 5.41) is 2.77. The molecule has 102 valence electrons. The van der Waals surface area contributed by atoms with Gasteiger partial charge in [-0.05, 0) is 27.7 Å². The van der Waals surface area contributed by atoms with Gasteiger partial charge in [-0.25, -0.2) is 13.2 Å². The largest absolute Gasteiger partial charge is 0.336 e. The first-order chi connectivity index (χ1) is 7.73. The number of carbonyl (C=O) groups is 1. The number of amides is 2. The Morgan fingerprint density at radius 2 is 1.76 bits per heavy atom. The van der Waals surface area contributed by atoms with Crippen LogP contribution in [0.5, 0.6) is 0 Å². The van der Waals surface area contributed by atoms with Crippen LogP contribution in [-0.4, -0.2) is 49.5 Å². The molecule has 0 heterocycles. The highest BCUT2D eigenvalue weighted by molar-refractivity contribution is 7.91. The van der Waals surface area contributed by atoms with E-state index in [9.17, 15) is 13.2 Å². The van der Waals surface area contributed by atoms with Crippen LogP contribution in [0.25, 0.3) is 0 Å². The number of rotatable bonds is 6. The molecule has 0 aliphatic rings. The van der Waals surface area contributed by atoms with Gasteiger partial charge in [0, 0.05) is 24.4 Å². The Morgan fingerprint density at radius 1 is 1.24 bits per heavy atom. The Morgan fingerprint density at radius 3 is 2.12 bits per heavy atom. The number of nitrogens with zero attached hydrogens (tertiary/aromatic N) is 1. The van der Waals surface area contributed by atoms with Crippen molar-refractivity contribution in [2.75, 3.05) is 18.1 Å². The van der Waals surface area contributed by atoms with E-state index in [2.05, 4.69) is 5.32 Å². The van der Waals surface area contributed by atoms with Crippen LogP contribution in [0.3, 0.4) is 0 Å². The third-order valence-electron chi connectivity index (χ3n) is 2.48. The Balaban J connectivity index is 4.61. The quantitative estimate of drug-likeness (QED) is 0.785. The maximum Gasteiger partial charge on any atom is 0.317 e. The van der Waals surface area contributed by atoms with Crippen molar-refractivity contribution in [2.45, 2.75) is 46.7 Å². The van der Waals surface area contributed by atoms with Gasteiger partial charge in [0.1, 0.15) is 0 Å². The highest BCUT2D eigenvalue weighted by atomic mass is 32.2. The number of nitrogens with one attached hydrogen (secondary N) is 1. The molecule has 17 heavy (non-hydrogen) atoms. The number of hydrogen-bond donors (Lipinski definition) is 1. The molecule has 0 unspecified atom stereocenters. The smallest absolute Gasteiger partial charge is 0.317 e. The first kappa shape index (κ1) is 16.2. The van der Waals surface area contributed by atoms with Crippen LogP contribution in [-0.2, 0) is 9.84 Å². The van der Waals surface area contributed by atoms with Gasteiger partial charge in [-0.15, -0.1) is 0 Å². The monoisotopic (exact) mass is 264 g/mol. The highest BCUT2D eigenvalue weighted by Gasteiger charge is 2.23. The van der Waals surface area contributed by atoms with Crippen molar-refractivity contribution in [3.63, 3.8) is 0 Å². The Hall–Kier alpha value is -0.780. The molecule has 0 aromatic heterocycles. The van der Waals surface area contributed by atoms with Gasteiger partial charge in [-0.2, -0.15) is 0 Å². The zero-order valence-electron chi connectivity index (χ0n) is 11.4. The molecule has 0 aromatic rings. The van der Waals surface area contributed by atoms with Crippen LogP contribution in [0.1, 0.15) is 34.6 Å². The van der Waals surface area contributed by atoms with E-state index in [1.165, 1.54) is 0 Å². The summed E-state index contributed by atoms with van der Waals surface area (Å²) in [5.41, 5.74) is 0. The summed E-state index contributed by atoms with van der Waals surface area (Å²) in [5.74, 6) is 0.129. The predicted molar refractivity (Wildman–Crippen MR) is 69.8 cm³/mol. The molecule has 0 rings (SSSR count). The minimum absolute atomic E-state index is 0.0167. The SMILES string of the molecule is CCN(C(=O)NC(C)C)[C@@H](C)CS(=O)(=O)CC. The molecule has 0 saturated carbocycles. The van der Waals surface area contributed by atoms with Crippen LogP contribution < -0.4 is 5.32 Å². The van der Waals surface area contributed by atoms with Gasteiger partial charge in [0.2, 0.25) is 0 Å². The molecule has 0 fully saturated rings. The summed E-state index contributed by atoms with van der Waals surface area (Å²) in [6.07, 6.45) is 0. The lowest BCUT2D eigenvalue weighted by Crippen LogP contribution is -2.49. The summed E-state index contributed by atoms with van der Waals surface area (Å²) >= 11 is 0. The molecular formula is C11H24N2O3S. The highest BCUT2D eigenvalue weighted by Crippen LogP contribution is 2.04. The third-order valence-corrected chi connectivity index (χ3v) is 4.35. The lowest BCUT2D eigenvalue weighted by molar-refractivity contribution is 0.185. The van der Waals surface area contributed by atoms with Gasteiger partial charge in [0.05, 0.1) is 5.75 Å². The second-order valence-corrected chi connectivity index (χ2v) is 6.84. The summed E-state index contributed by atoms with van der Waals surface area (Å²) in [6, 6.07) is -0.462. The maximum atomic E-state index is 11.8. The fourth-order valence-electron chi connectivity index (χ4n) is 1.56. The van der Waals surface area contributed by atoms with E-state index in [0.717, 1.165) is 0 Å². The normalized spacial score (nSPS) is 13.5. The summed E-state index contributed by atoms with van der Waals surface area (Å²) in [6.45, 7) is 9.47. The van der Waals surface area contributed by atoms with Crippen molar-refractivity contribution in [3.05, 3.63) is 0 Å². The summed E-state index contributed by atoms with van der Waals surface area (Å²) < 4.78 is 23.0. The Kier molecular flexibility index (Phi) is 6.52. The van der Waals surface area contributed by atoms with E-state index in [0.29, 0.717) is 6.54 Å². The van der Waals surface area contributed by atoms with Crippen LogP contribution in [0, 0.1) is 0 Å². The van der Waals surface area contributed by atoms with Crippen LogP contribution >= 0.6 is 0 Å². The van der Waals surface area contributed by atoms with Crippen LogP contribution in [0.2, 0.25) is 0 Å². The second kappa shape index (κ2) is 6.83. The van der Waals surface area contributed by atoms with Gasteiger partial charge < -0.3 is 10.2 Å². The van der Waals surface area contributed by atoms with Crippen molar-refractivity contribution < 1.29 is 13.2 Å². The second-order valence-electron chi connectivity index (χ2n) is 4.44. The summed E-state index contributed by atoms with van der Waals surface area (Å²) in [7, 11) is -3.06. The van der Waals surface area contributed by atoms with E-state index in [1.54, 1.807) is 18.7 Å². The molecular weight excluding hydrogens is 240 g/mol. The average Bonchev–Trinajstić information content (AvgIpc) is 2.16. The van der Waals surface area contributed by atoms with E-state index >= 15 is 0 Å². The first-order valence-electron chi connectivity index (χ1n) is 6.01. The van der Waals surface area contributed by atoms with Gasteiger partial charge in [-0.3, -0.25) is 0 Å². The predicted octanol–water partition coefficient (Wildman–Crippen LogP) is 1.25. The van der Waals surface area contributed by atoms with Gasteiger partial charge in [0.15, 0.2) is 9.84 Å². The lowest BCUT2D eigenvalue weighted by Gasteiger charge is -2.28. The van der Waals surface area contributed by atoms with Gasteiger partial charge in [0.25, 0.3) is 0 Å². The molecule has 0 radical (unpaired) electrons. The van der Waals surface area contributed by atoms with Crippen LogP contribution in [0.4, 0.5) is 4.79 Å². The Bertz CT molecular complexity index is 339. The fourth-order valence-corrected chi connectivity index (χ4v) is 2.71. The fraction of sp³-hybridized carbons (Fsp3) is 0.909. The number of sulfone groups is 1. The molecule has 1 N–H and O–H groups in total. The molecule has 0 aromatic carbocycles. The molecule has 0 saturated heterocycles. The van der Waals surface area contributed by atoms with Crippen molar-refractivity contribution >= 4 is 15.9 Å². The van der Waals surface area contributed by atoms with Crippen molar-refractivity contribution in [1.29, 1.82) is 0 Å². The molecule has 0 aliphatic carbocycles. The zero-order valence-corrected chi connectivity index (χ0v) is 12.2.